The first-order chi connectivity index (χ1) is 32.6. The highest BCUT2D eigenvalue weighted by molar-refractivity contribution is 5.81. The van der Waals surface area contributed by atoms with E-state index in [1.807, 2.05) is 97.1 Å². The lowest BCUT2D eigenvalue weighted by atomic mass is 9.78. The van der Waals surface area contributed by atoms with Gasteiger partial charge >= 0.3 is 11.9 Å². The summed E-state index contributed by atoms with van der Waals surface area (Å²) < 4.78 is 44.0. The maximum absolute atomic E-state index is 11.2. The lowest BCUT2D eigenvalue weighted by Crippen LogP contribution is -2.24. The second-order valence-electron chi connectivity index (χ2n) is 17.4. The first-order valence-corrected chi connectivity index (χ1v) is 23.0. The predicted molar refractivity (Wildman–Crippen MR) is 258 cm³/mol. The molecule has 0 heterocycles. The predicted octanol–water partition coefficient (Wildman–Crippen LogP) is 7.05. The largest absolute Gasteiger partial charge is 0.491 e. The molecule has 0 saturated carbocycles. The zero-order chi connectivity index (χ0) is 49.4. The number of carbonyl (C=O) groups is 2. The van der Waals surface area contributed by atoms with Crippen LogP contribution in [0.25, 0.3) is 0 Å². The average Bonchev–Trinajstić information content (AvgIpc) is 3.35. The summed E-state index contributed by atoms with van der Waals surface area (Å²) >= 11 is 0. The summed E-state index contributed by atoms with van der Waals surface area (Å²) in [5.74, 6) is 1.27. The van der Waals surface area contributed by atoms with Gasteiger partial charge in [0.1, 0.15) is 87.1 Å². The molecule has 0 aliphatic rings. The van der Waals surface area contributed by atoms with E-state index in [2.05, 4.69) is 40.9 Å². The van der Waals surface area contributed by atoms with Crippen LogP contribution < -0.4 is 18.9 Å². The van der Waals surface area contributed by atoms with Crippen LogP contribution in [0.15, 0.2) is 122 Å². The van der Waals surface area contributed by atoms with Gasteiger partial charge in [0.25, 0.3) is 0 Å². The standard InChI is InChI=1S/C54H70O14/c1-7-51(59)67-37-45(57)35-65-49-25-17-41(18-26-49)53(3,4)39-13-21-47(22-14-39)63-33-43(55)31-61-29-11-9-10-12-30-62-32-44(56)34-64-48-23-15-40(16-24-48)54(5,6)42-19-27-50(28-20-42)66-36-46(58)38-68-52(60)8-2/h7-8,13-28,43-46,55-58H,1-2,9-12,29-38H2,3-6H3. The van der Waals surface area contributed by atoms with Gasteiger partial charge in [-0.25, -0.2) is 9.59 Å². The second-order valence-corrected chi connectivity index (χ2v) is 17.4. The smallest absolute Gasteiger partial charge is 0.330 e. The summed E-state index contributed by atoms with van der Waals surface area (Å²) in [4.78, 5) is 22.4. The molecule has 68 heavy (non-hydrogen) atoms. The van der Waals surface area contributed by atoms with Gasteiger partial charge in [0.15, 0.2) is 0 Å². The topological polar surface area (TPSA) is 189 Å². The van der Waals surface area contributed by atoms with E-state index in [4.69, 9.17) is 37.9 Å². The van der Waals surface area contributed by atoms with Crippen molar-refractivity contribution in [2.24, 2.45) is 0 Å². The number of unbranched alkanes of at least 4 members (excludes halogenated alkanes) is 3. The van der Waals surface area contributed by atoms with Crippen LogP contribution >= 0.6 is 0 Å². The fourth-order valence-corrected chi connectivity index (χ4v) is 6.84. The van der Waals surface area contributed by atoms with Crippen molar-refractivity contribution in [3.63, 3.8) is 0 Å². The molecule has 4 atom stereocenters. The molecule has 14 heteroatoms. The van der Waals surface area contributed by atoms with Gasteiger partial charge < -0.3 is 58.3 Å². The Labute approximate surface area is 401 Å². The Bertz CT molecular complexity index is 1930. The molecular formula is C54H70O14. The quantitative estimate of drug-likeness (QED) is 0.0216. The Hall–Kier alpha value is -5.74. The van der Waals surface area contributed by atoms with Crippen molar-refractivity contribution < 1.29 is 67.9 Å². The third-order valence-electron chi connectivity index (χ3n) is 11.2. The number of hydrogen-bond donors (Lipinski definition) is 4. The van der Waals surface area contributed by atoms with Crippen molar-refractivity contribution >= 4 is 11.9 Å². The molecule has 0 saturated heterocycles. The lowest BCUT2D eigenvalue weighted by Gasteiger charge is -2.26. The average molecular weight is 943 g/mol. The van der Waals surface area contributed by atoms with E-state index >= 15 is 0 Å². The molecular weight excluding hydrogens is 873 g/mol. The summed E-state index contributed by atoms with van der Waals surface area (Å²) in [6, 6.07) is 30.8. The molecule has 4 N–H and O–H groups in total. The summed E-state index contributed by atoms with van der Waals surface area (Å²) in [5, 5.41) is 40.8. The van der Waals surface area contributed by atoms with Gasteiger partial charge in [0, 0.05) is 36.2 Å². The summed E-state index contributed by atoms with van der Waals surface area (Å²) in [5.41, 5.74) is 3.66. The van der Waals surface area contributed by atoms with E-state index < -0.39 is 36.4 Å². The van der Waals surface area contributed by atoms with Gasteiger partial charge in [0.05, 0.1) is 13.2 Å². The van der Waals surface area contributed by atoms with Crippen LogP contribution in [0.4, 0.5) is 0 Å². The number of ether oxygens (including phenoxy) is 8. The lowest BCUT2D eigenvalue weighted by molar-refractivity contribution is -0.142. The van der Waals surface area contributed by atoms with Gasteiger partial charge in [-0.3, -0.25) is 0 Å². The van der Waals surface area contributed by atoms with Crippen LogP contribution in [0, 0.1) is 0 Å². The third kappa shape index (κ3) is 19.1. The summed E-state index contributed by atoms with van der Waals surface area (Å²) in [6.45, 7) is 16.4. The maximum Gasteiger partial charge on any atom is 0.330 e. The van der Waals surface area contributed by atoms with E-state index in [1.54, 1.807) is 0 Å². The molecule has 0 fully saturated rings. The molecule has 4 unspecified atom stereocenters. The van der Waals surface area contributed by atoms with Gasteiger partial charge in [-0.05, 0) is 83.6 Å². The van der Waals surface area contributed by atoms with Crippen molar-refractivity contribution in [3.8, 4) is 23.0 Å². The molecule has 4 aromatic carbocycles. The first kappa shape index (κ1) is 54.9. The van der Waals surface area contributed by atoms with E-state index in [0.717, 1.165) is 60.1 Å². The molecule has 0 radical (unpaired) electrons. The zero-order valence-corrected chi connectivity index (χ0v) is 39.9. The number of rotatable bonds is 33. The normalized spacial score (nSPS) is 13.4. The van der Waals surface area contributed by atoms with Crippen LogP contribution in [-0.4, -0.2) is 123 Å². The van der Waals surface area contributed by atoms with Crippen molar-refractivity contribution in [1.29, 1.82) is 0 Å². The molecule has 4 aromatic rings. The number of hydrogen-bond acceptors (Lipinski definition) is 14. The highest BCUT2D eigenvalue weighted by atomic mass is 16.6. The summed E-state index contributed by atoms with van der Waals surface area (Å²) in [7, 11) is 0. The van der Waals surface area contributed by atoms with Crippen molar-refractivity contribution in [2.75, 3.05) is 66.1 Å². The molecule has 0 aliphatic carbocycles. The zero-order valence-electron chi connectivity index (χ0n) is 39.9. The van der Waals surface area contributed by atoms with E-state index in [1.165, 1.54) is 0 Å². The molecule has 0 aliphatic heterocycles. The van der Waals surface area contributed by atoms with Gasteiger partial charge in [-0.1, -0.05) is 102 Å². The minimum atomic E-state index is -0.956. The maximum atomic E-state index is 11.2. The van der Waals surface area contributed by atoms with Crippen LogP contribution in [0.1, 0.15) is 75.6 Å². The van der Waals surface area contributed by atoms with E-state index in [0.29, 0.717) is 36.2 Å². The number of esters is 2. The van der Waals surface area contributed by atoms with Gasteiger partial charge in [-0.2, -0.15) is 0 Å². The Balaban J connectivity index is 1.01. The molecule has 0 amide bonds. The molecule has 0 bridgehead atoms. The summed E-state index contributed by atoms with van der Waals surface area (Å²) in [6.07, 6.45) is 2.27. The fraction of sp³-hybridized carbons (Fsp3) is 0.444. The molecule has 0 spiro atoms. The second kappa shape index (κ2) is 28.6. The monoisotopic (exact) mass is 942 g/mol. The Morgan fingerprint density at radius 1 is 0.426 bits per heavy atom. The molecule has 370 valence electrons. The van der Waals surface area contributed by atoms with Crippen LogP contribution in [-0.2, 0) is 39.4 Å². The van der Waals surface area contributed by atoms with Crippen molar-refractivity contribution in [2.45, 2.75) is 88.6 Å². The van der Waals surface area contributed by atoms with Crippen LogP contribution in [0.3, 0.4) is 0 Å². The van der Waals surface area contributed by atoms with E-state index in [-0.39, 0.29) is 63.7 Å². The highest BCUT2D eigenvalue weighted by Crippen LogP contribution is 2.35. The minimum absolute atomic E-state index is 0.0183. The van der Waals surface area contributed by atoms with E-state index in [9.17, 15) is 30.0 Å². The number of aliphatic hydroxyl groups excluding tert-OH is 4. The Kier molecular flexibility index (Phi) is 23.0. The highest BCUT2D eigenvalue weighted by Gasteiger charge is 2.25. The minimum Gasteiger partial charge on any atom is -0.491 e. The first-order valence-electron chi connectivity index (χ1n) is 23.0. The Morgan fingerprint density at radius 3 is 0.926 bits per heavy atom. The number of carbonyl (C=O) groups excluding carboxylic acids is 2. The molecule has 0 aromatic heterocycles. The third-order valence-corrected chi connectivity index (χ3v) is 11.2. The van der Waals surface area contributed by atoms with Crippen molar-refractivity contribution in [3.05, 3.63) is 145 Å². The van der Waals surface area contributed by atoms with Crippen LogP contribution in [0.2, 0.25) is 0 Å². The van der Waals surface area contributed by atoms with Gasteiger partial charge in [-0.15, -0.1) is 0 Å². The Morgan fingerprint density at radius 2 is 0.676 bits per heavy atom. The number of aliphatic hydroxyl groups is 4. The molecule has 4 rings (SSSR count). The van der Waals surface area contributed by atoms with Crippen LogP contribution in [0.5, 0.6) is 23.0 Å². The van der Waals surface area contributed by atoms with Gasteiger partial charge in [0.2, 0.25) is 0 Å². The van der Waals surface area contributed by atoms with Crippen molar-refractivity contribution in [1.82, 2.24) is 0 Å². The number of benzene rings is 4. The fourth-order valence-electron chi connectivity index (χ4n) is 6.84. The SMILES string of the molecule is C=CC(=O)OCC(O)COc1ccc(C(C)(C)c2ccc(OCC(O)COCCCCCCOCC(O)COc3ccc(C(C)(C)c4ccc(OCC(O)COC(=O)C=C)cc4)cc3)cc2)cc1. The molecule has 14 nitrogen and oxygen atoms in total.